The molecular formula is C21H32N2O3. The number of rotatable bonds is 8. The molecule has 0 aliphatic heterocycles. The number of methoxy groups -OCH3 is 1. The van der Waals surface area contributed by atoms with Crippen molar-refractivity contribution in [2.45, 2.75) is 64.3 Å². The summed E-state index contributed by atoms with van der Waals surface area (Å²) < 4.78 is 5.33. The van der Waals surface area contributed by atoms with Crippen LogP contribution in [0.4, 0.5) is 0 Å². The van der Waals surface area contributed by atoms with Crippen LogP contribution in [0.3, 0.4) is 0 Å². The van der Waals surface area contributed by atoms with Gasteiger partial charge in [-0.25, -0.2) is 0 Å². The first kappa shape index (κ1) is 20.3. The van der Waals surface area contributed by atoms with E-state index in [0.717, 1.165) is 30.6 Å². The fourth-order valence-corrected chi connectivity index (χ4v) is 3.72. The first-order valence-corrected chi connectivity index (χ1v) is 9.77. The van der Waals surface area contributed by atoms with E-state index in [0.29, 0.717) is 25.6 Å². The van der Waals surface area contributed by atoms with Gasteiger partial charge in [0.25, 0.3) is 0 Å². The van der Waals surface area contributed by atoms with Crippen molar-refractivity contribution in [1.29, 1.82) is 0 Å². The second-order valence-corrected chi connectivity index (χ2v) is 7.02. The molecule has 2 amide bonds. The summed E-state index contributed by atoms with van der Waals surface area (Å²) in [5.74, 6) is 0.927. The predicted molar refractivity (Wildman–Crippen MR) is 103 cm³/mol. The van der Waals surface area contributed by atoms with Gasteiger partial charge in [0.1, 0.15) is 5.75 Å². The Bertz CT molecular complexity index is 580. The van der Waals surface area contributed by atoms with Gasteiger partial charge in [0, 0.05) is 32.5 Å². The predicted octanol–water partition coefficient (Wildman–Crippen LogP) is 3.32. The summed E-state index contributed by atoms with van der Waals surface area (Å²) in [6, 6.07) is 8.14. The molecule has 1 aromatic rings. The van der Waals surface area contributed by atoms with Crippen LogP contribution in [0, 0.1) is 0 Å². The molecule has 5 heteroatoms. The largest absolute Gasteiger partial charge is 0.496 e. The van der Waals surface area contributed by atoms with Crippen molar-refractivity contribution in [2.75, 3.05) is 20.2 Å². The van der Waals surface area contributed by atoms with E-state index in [-0.39, 0.29) is 11.8 Å². The SMILES string of the molecule is COc1ccccc1CCNC(=O)CCN(C(C)=O)C1CCCCCC1. The number of amides is 2. The highest BCUT2D eigenvalue weighted by molar-refractivity contribution is 5.78. The molecule has 1 N–H and O–H groups in total. The number of nitrogens with one attached hydrogen (secondary N) is 1. The van der Waals surface area contributed by atoms with Crippen LogP contribution in [0.2, 0.25) is 0 Å². The van der Waals surface area contributed by atoms with Crippen molar-refractivity contribution in [2.24, 2.45) is 0 Å². The van der Waals surface area contributed by atoms with Crippen LogP contribution < -0.4 is 10.1 Å². The van der Waals surface area contributed by atoms with E-state index >= 15 is 0 Å². The molecule has 0 atom stereocenters. The first-order valence-electron chi connectivity index (χ1n) is 9.77. The van der Waals surface area contributed by atoms with Crippen LogP contribution >= 0.6 is 0 Å². The Hall–Kier alpha value is -2.04. The molecule has 0 heterocycles. The molecule has 0 radical (unpaired) electrons. The second kappa shape index (κ2) is 10.8. The molecule has 1 saturated carbocycles. The quantitative estimate of drug-likeness (QED) is 0.724. The average molecular weight is 360 g/mol. The summed E-state index contributed by atoms with van der Waals surface area (Å²) in [6.45, 7) is 2.70. The third-order valence-electron chi connectivity index (χ3n) is 5.16. The molecule has 0 bridgehead atoms. The van der Waals surface area contributed by atoms with Gasteiger partial charge in [-0.15, -0.1) is 0 Å². The lowest BCUT2D eigenvalue weighted by atomic mass is 10.1. The van der Waals surface area contributed by atoms with E-state index in [4.69, 9.17) is 4.74 Å². The number of carbonyl (C=O) groups is 2. The van der Waals surface area contributed by atoms with Gasteiger partial charge in [-0.2, -0.15) is 0 Å². The van der Waals surface area contributed by atoms with Crippen LogP contribution in [-0.4, -0.2) is 43.0 Å². The molecule has 0 aromatic heterocycles. The maximum absolute atomic E-state index is 12.2. The van der Waals surface area contributed by atoms with E-state index in [2.05, 4.69) is 5.32 Å². The molecule has 144 valence electrons. The fourth-order valence-electron chi connectivity index (χ4n) is 3.72. The Kier molecular flexibility index (Phi) is 8.45. The van der Waals surface area contributed by atoms with Crippen LogP contribution in [0.5, 0.6) is 5.75 Å². The third-order valence-corrected chi connectivity index (χ3v) is 5.16. The summed E-state index contributed by atoms with van der Waals surface area (Å²) in [4.78, 5) is 26.1. The van der Waals surface area contributed by atoms with Crippen molar-refractivity contribution in [1.82, 2.24) is 10.2 Å². The number of ether oxygens (including phenoxy) is 1. The Labute approximate surface area is 157 Å². The van der Waals surface area contributed by atoms with Gasteiger partial charge >= 0.3 is 0 Å². The number of hydrogen-bond donors (Lipinski definition) is 1. The van der Waals surface area contributed by atoms with Gasteiger partial charge in [0.2, 0.25) is 11.8 Å². The molecule has 5 nitrogen and oxygen atoms in total. The second-order valence-electron chi connectivity index (χ2n) is 7.02. The smallest absolute Gasteiger partial charge is 0.221 e. The molecule has 0 unspecified atom stereocenters. The molecule has 1 fully saturated rings. The zero-order valence-corrected chi connectivity index (χ0v) is 16.1. The maximum Gasteiger partial charge on any atom is 0.221 e. The Morgan fingerprint density at radius 1 is 1.15 bits per heavy atom. The summed E-state index contributed by atoms with van der Waals surface area (Å²) in [5, 5.41) is 2.96. The van der Waals surface area contributed by atoms with Crippen molar-refractivity contribution in [3.05, 3.63) is 29.8 Å². The lowest BCUT2D eigenvalue weighted by molar-refractivity contribution is -0.132. The van der Waals surface area contributed by atoms with Crippen molar-refractivity contribution < 1.29 is 14.3 Å². The molecule has 0 spiro atoms. The van der Waals surface area contributed by atoms with E-state index in [1.165, 1.54) is 25.7 Å². The standard InChI is InChI=1S/C21H32N2O3/c1-17(24)23(19-10-5-3-4-6-11-19)16-14-21(25)22-15-13-18-9-7-8-12-20(18)26-2/h7-9,12,19H,3-6,10-11,13-16H2,1-2H3,(H,22,25). The zero-order valence-electron chi connectivity index (χ0n) is 16.1. The van der Waals surface area contributed by atoms with Gasteiger partial charge in [-0.1, -0.05) is 43.9 Å². The Morgan fingerprint density at radius 2 is 1.85 bits per heavy atom. The monoisotopic (exact) mass is 360 g/mol. The summed E-state index contributed by atoms with van der Waals surface area (Å²) in [6.07, 6.45) is 8.09. The third kappa shape index (κ3) is 6.36. The van der Waals surface area contributed by atoms with E-state index in [9.17, 15) is 9.59 Å². The highest BCUT2D eigenvalue weighted by Gasteiger charge is 2.22. The molecular weight excluding hydrogens is 328 g/mol. The van der Waals surface area contributed by atoms with Gasteiger partial charge < -0.3 is 15.0 Å². The summed E-state index contributed by atoms with van der Waals surface area (Å²) in [5.41, 5.74) is 1.08. The number of carbonyl (C=O) groups excluding carboxylic acids is 2. The normalized spacial score (nSPS) is 15.2. The molecule has 1 aliphatic rings. The summed E-state index contributed by atoms with van der Waals surface area (Å²) >= 11 is 0. The molecule has 2 rings (SSSR count). The molecule has 1 aromatic carbocycles. The van der Waals surface area contributed by atoms with Crippen LogP contribution in [0.25, 0.3) is 0 Å². The minimum Gasteiger partial charge on any atom is -0.496 e. The minimum absolute atomic E-state index is 0.000213. The number of hydrogen-bond acceptors (Lipinski definition) is 3. The average Bonchev–Trinajstić information content (AvgIpc) is 2.91. The Morgan fingerprint density at radius 3 is 2.50 bits per heavy atom. The lowest BCUT2D eigenvalue weighted by Crippen LogP contribution is -2.41. The Balaban J connectivity index is 1.76. The van der Waals surface area contributed by atoms with Crippen LogP contribution in [-0.2, 0) is 16.0 Å². The zero-order chi connectivity index (χ0) is 18.8. The van der Waals surface area contributed by atoms with Crippen molar-refractivity contribution in [3.63, 3.8) is 0 Å². The van der Waals surface area contributed by atoms with E-state index in [1.54, 1.807) is 14.0 Å². The topological polar surface area (TPSA) is 58.6 Å². The molecule has 0 saturated heterocycles. The van der Waals surface area contributed by atoms with E-state index in [1.807, 2.05) is 29.2 Å². The highest BCUT2D eigenvalue weighted by Crippen LogP contribution is 2.22. The lowest BCUT2D eigenvalue weighted by Gasteiger charge is -2.30. The van der Waals surface area contributed by atoms with Gasteiger partial charge in [-0.05, 0) is 30.9 Å². The molecule has 26 heavy (non-hydrogen) atoms. The number of benzene rings is 1. The van der Waals surface area contributed by atoms with E-state index < -0.39 is 0 Å². The summed E-state index contributed by atoms with van der Waals surface area (Å²) in [7, 11) is 1.65. The molecule has 1 aliphatic carbocycles. The van der Waals surface area contributed by atoms with Crippen molar-refractivity contribution >= 4 is 11.8 Å². The highest BCUT2D eigenvalue weighted by atomic mass is 16.5. The van der Waals surface area contributed by atoms with Crippen LogP contribution in [0.15, 0.2) is 24.3 Å². The van der Waals surface area contributed by atoms with Gasteiger partial charge in [0.05, 0.1) is 7.11 Å². The van der Waals surface area contributed by atoms with Gasteiger partial charge in [-0.3, -0.25) is 9.59 Å². The maximum atomic E-state index is 12.2. The first-order chi connectivity index (χ1) is 12.6. The minimum atomic E-state index is -0.000213. The van der Waals surface area contributed by atoms with Crippen LogP contribution in [0.1, 0.15) is 57.4 Å². The fraction of sp³-hybridized carbons (Fsp3) is 0.619. The number of para-hydroxylation sites is 1. The number of nitrogens with zero attached hydrogens (tertiary/aromatic N) is 1. The van der Waals surface area contributed by atoms with Gasteiger partial charge in [0.15, 0.2) is 0 Å². The van der Waals surface area contributed by atoms with Crippen molar-refractivity contribution in [3.8, 4) is 5.75 Å².